The number of hydrogen-bond acceptors (Lipinski definition) is 2. The van der Waals surface area contributed by atoms with E-state index in [0.29, 0.717) is 5.02 Å². The van der Waals surface area contributed by atoms with Gasteiger partial charge in [-0.25, -0.2) is 0 Å². The highest BCUT2D eigenvalue weighted by atomic mass is 35.5. The first-order valence-corrected chi connectivity index (χ1v) is 5.35. The lowest BCUT2D eigenvalue weighted by molar-refractivity contribution is 0.415. The molecule has 3 heteroatoms. The standard InChI is InChI=1S/C13H12ClNO/c1-9-4-3-7-15-13(9)11-6-5-10(16-2)8-12(11)14/h3-8H,1-2H3. The van der Waals surface area contributed by atoms with Crippen molar-refractivity contribution in [3.05, 3.63) is 47.1 Å². The summed E-state index contributed by atoms with van der Waals surface area (Å²) in [6, 6.07) is 9.54. The van der Waals surface area contributed by atoms with Gasteiger partial charge in [0, 0.05) is 11.8 Å². The lowest BCUT2D eigenvalue weighted by atomic mass is 10.1. The number of pyridine rings is 1. The van der Waals surface area contributed by atoms with Crippen LogP contribution in [-0.2, 0) is 0 Å². The van der Waals surface area contributed by atoms with Crippen molar-refractivity contribution < 1.29 is 4.74 Å². The third kappa shape index (κ3) is 2.02. The molecule has 0 atom stereocenters. The van der Waals surface area contributed by atoms with Crippen LogP contribution in [0.15, 0.2) is 36.5 Å². The number of benzene rings is 1. The minimum absolute atomic E-state index is 0.654. The maximum atomic E-state index is 6.19. The second-order valence-electron chi connectivity index (χ2n) is 3.51. The molecule has 0 fully saturated rings. The highest BCUT2D eigenvalue weighted by Gasteiger charge is 2.08. The summed E-state index contributed by atoms with van der Waals surface area (Å²) < 4.78 is 5.11. The van der Waals surface area contributed by atoms with Gasteiger partial charge in [0.05, 0.1) is 17.8 Å². The van der Waals surface area contributed by atoms with Gasteiger partial charge in [-0.2, -0.15) is 0 Å². The summed E-state index contributed by atoms with van der Waals surface area (Å²) in [5.74, 6) is 0.752. The van der Waals surface area contributed by atoms with Crippen LogP contribution in [0.2, 0.25) is 5.02 Å². The van der Waals surface area contributed by atoms with Crippen molar-refractivity contribution in [2.24, 2.45) is 0 Å². The van der Waals surface area contributed by atoms with E-state index in [0.717, 1.165) is 22.6 Å². The van der Waals surface area contributed by atoms with Crippen LogP contribution < -0.4 is 4.74 Å². The van der Waals surface area contributed by atoms with E-state index < -0.39 is 0 Å². The molecule has 0 aliphatic heterocycles. The first kappa shape index (κ1) is 11.0. The van der Waals surface area contributed by atoms with Gasteiger partial charge in [0.25, 0.3) is 0 Å². The molecule has 0 radical (unpaired) electrons. The van der Waals surface area contributed by atoms with Gasteiger partial charge in [-0.05, 0) is 36.8 Å². The maximum absolute atomic E-state index is 6.19. The van der Waals surface area contributed by atoms with Crippen LogP contribution in [0.4, 0.5) is 0 Å². The number of nitrogens with zero attached hydrogens (tertiary/aromatic N) is 1. The first-order chi connectivity index (χ1) is 7.72. The van der Waals surface area contributed by atoms with Crippen molar-refractivity contribution in [3.8, 4) is 17.0 Å². The molecular weight excluding hydrogens is 222 g/mol. The summed E-state index contributed by atoms with van der Waals surface area (Å²) in [6.45, 7) is 2.02. The Morgan fingerprint density at radius 1 is 1.25 bits per heavy atom. The molecule has 0 aliphatic rings. The summed E-state index contributed by atoms with van der Waals surface area (Å²) in [6.07, 6.45) is 1.77. The lowest BCUT2D eigenvalue weighted by Gasteiger charge is -2.08. The number of ether oxygens (including phenoxy) is 1. The molecule has 0 bridgehead atoms. The summed E-state index contributed by atoms with van der Waals surface area (Å²) in [7, 11) is 1.62. The molecule has 2 rings (SSSR count). The molecule has 0 N–H and O–H groups in total. The Kier molecular flexibility index (Phi) is 3.11. The van der Waals surface area contributed by atoms with Gasteiger partial charge < -0.3 is 4.74 Å². The van der Waals surface area contributed by atoms with Crippen LogP contribution in [-0.4, -0.2) is 12.1 Å². The number of halogens is 1. The molecule has 1 aromatic carbocycles. The molecule has 0 aliphatic carbocycles. The summed E-state index contributed by atoms with van der Waals surface area (Å²) in [4.78, 5) is 4.34. The first-order valence-electron chi connectivity index (χ1n) is 4.98. The molecule has 16 heavy (non-hydrogen) atoms. The third-order valence-corrected chi connectivity index (χ3v) is 2.75. The Morgan fingerprint density at radius 2 is 2.06 bits per heavy atom. The molecule has 0 unspecified atom stereocenters. The smallest absolute Gasteiger partial charge is 0.120 e. The average Bonchev–Trinajstić information content (AvgIpc) is 2.30. The monoisotopic (exact) mass is 233 g/mol. The quantitative estimate of drug-likeness (QED) is 0.789. The van der Waals surface area contributed by atoms with E-state index >= 15 is 0 Å². The minimum atomic E-state index is 0.654. The van der Waals surface area contributed by atoms with Crippen LogP contribution in [0.25, 0.3) is 11.3 Å². The second-order valence-corrected chi connectivity index (χ2v) is 3.92. The number of methoxy groups -OCH3 is 1. The van der Waals surface area contributed by atoms with Crippen molar-refractivity contribution in [3.63, 3.8) is 0 Å². The van der Waals surface area contributed by atoms with Crippen molar-refractivity contribution in [2.45, 2.75) is 6.92 Å². The highest BCUT2D eigenvalue weighted by Crippen LogP contribution is 2.31. The van der Waals surface area contributed by atoms with E-state index in [1.165, 1.54) is 0 Å². The van der Waals surface area contributed by atoms with Crippen molar-refractivity contribution in [2.75, 3.05) is 7.11 Å². The van der Waals surface area contributed by atoms with Gasteiger partial charge in [-0.3, -0.25) is 4.98 Å². The van der Waals surface area contributed by atoms with Gasteiger partial charge >= 0.3 is 0 Å². The molecule has 0 amide bonds. The summed E-state index contributed by atoms with van der Waals surface area (Å²) >= 11 is 6.19. The van der Waals surface area contributed by atoms with E-state index in [9.17, 15) is 0 Å². The Balaban J connectivity index is 2.53. The highest BCUT2D eigenvalue weighted by molar-refractivity contribution is 6.33. The molecule has 82 valence electrons. The van der Waals surface area contributed by atoms with Gasteiger partial charge in [-0.15, -0.1) is 0 Å². The number of aryl methyl sites for hydroxylation is 1. The molecule has 0 spiro atoms. The Labute approximate surface area is 99.9 Å². The van der Waals surface area contributed by atoms with Crippen LogP contribution in [0, 0.1) is 6.92 Å². The molecule has 0 saturated heterocycles. The third-order valence-electron chi connectivity index (χ3n) is 2.44. The second kappa shape index (κ2) is 4.54. The SMILES string of the molecule is COc1ccc(-c2ncccc2C)c(Cl)c1. The zero-order chi connectivity index (χ0) is 11.5. The van der Waals surface area contributed by atoms with Crippen LogP contribution in [0.3, 0.4) is 0 Å². The Morgan fingerprint density at radius 3 is 2.69 bits per heavy atom. The van der Waals surface area contributed by atoms with E-state index in [1.54, 1.807) is 19.4 Å². The zero-order valence-corrected chi connectivity index (χ0v) is 9.95. The normalized spacial score (nSPS) is 10.2. The fraction of sp³-hybridized carbons (Fsp3) is 0.154. The number of rotatable bonds is 2. The molecular formula is C13H12ClNO. The lowest BCUT2D eigenvalue weighted by Crippen LogP contribution is -1.89. The Bertz CT molecular complexity index is 511. The van der Waals surface area contributed by atoms with Crippen LogP contribution in [0.5, 0.6) is 5.75 Å². The zero-order valence-electron chi connectivity index (χ0n) is 9.20. The largest absolute Gasteiger partial charge is 0.497 e. The van der Waals surface area contributed by atoms with E-state index in [2.05, 4.69) is 4.98 Å². The summed E-state index contributed by atoms with van der Waals surface area (Å²) in [5.41, 5.74) is 2.95. The Hall–Kier alpha value is -1.54. The predicted molar refractivity (Wildman–Crippen MR) is 66.0 cm³/mol. The molecule has 2 nitrogen and oxygen atoms in total. The fourth-order valence-corrected chi connectivity index (χ4v) is 1.84. The summed E-state index contributed by atoms with van der Waals surface area (Å²) in [5, 5.41) is 0.654. The molecule has 0 saturated carbocycles. The molecule has 1 heterocycles. The van der Waals surface area contributed by atoms with Gasteiger partial charge in [-0.1, -0.05) is 17.7 Å². The van der Waals surface area contributed by atoms with Crippen molar-refractivity contribution in [1.82, 2.24) is 4.98 Å². The van der Waals surface area contributed by atoms with E-state index in [1.807, 2.05) is 31.2 Å². The van der Waals surface area contributed by atoms with Crippen LogP contribution in [0.1, 0.15) is 5.56 Å². The number of hydrogen-bond donors (Lipinski definition) is 0. The van der Waals surface area contributed by atoms with Gasteiger partial charge in [0.1, 0.15) is 5.75 Å². The molecule has 2 aromatic rings. The molecule has 1 aromatic heterocycles. The fourth-order valence-electron chi connectivity index (χ4n) is 1.58. The van der Waals surface area contributed by atoms with Crippen LogP contribution >= 0.6 is 11.6 Å². The van der Waals surface area contributed by atoms with Crippen molar-refractivity contribution >= 4 is 11.6 Å². The minimum Gasteiger partial charge on any atom is -0.497 e. The predicted octanol–water partition coefficient (Wildman–Crippen LogP) is 3.72. The van der Waals surface area contributed by atoms with Gasteiger partial charge in [0.2, 0.25) is 0 Å². The van der Waals surface area contributed by atoms with E-state index in [4.69, 9.17) is 16.3 Å². The van der Waals surface area contributed by atoms with Gasteiger partial charge in [0.15, 0.2) is 0 Å². The van der Waals surface area contributed by atoms with Crippen molar-refractivity contribution in [1.29, 1.82) is 0 Å². The average molecular weight is 234 g/mol. The number of aromatic nitrogens is 1. The maximum Gasteiger partial charge on any atom is 0.120 e. The van der Waals surface area contributed by atoms with E-state index in [-0.39, 0.29) is 0 Å². The topological polar surface area (TPSA) is 22.1 Å².